The standard InChI is InChI=1S/C15H21ClN2O2.ClH/c1-20-13-6-5-11(16)9-12(13)14(19)18-10-15(17)7-3-2-4-8-15;/h5-6,9H,2-4,7-8,10,17H2,1H3,(H,18,19);1H. The second kappa shape index (κ2) is 7.87. The van der Waals surface area contributed by atoms with Crippen molar-refractivity contribution < 1.29 is 9.53 Å². The van der Waals surface area contributed by atoms with Crippen molar-refractivity contribution in [1.82, 2.24) is 5.32 Å². The van der Waals surface area contributed by atoms with Gasteiger partial charge < -0.3 is 15.8 Å². The zero-order valence-electron chi connectivity index (χ0n) is 12.2. The topological polar surface area (TPSA) is 64.3 Å². The maximum absolute atomic E-state index is 12.3. The lowest BCUT2D eigenvalue weighted by Gasteiger charge is -2.33. The molecule has 0 atom stereocenters. The van der Waals surface area contributed by atoms with Gasteiger partial charge in [0.15, 0.2) is 0 Å². The van der Waals surface area contributed by atoms with Crippen LogP contribution >= 0.6 is 24.0 Å². The minimum atomic E-state index is -0.278. The number of rotatable bonds is 4. The number of nitrogens with one attached hydrogen (secondary N) is 1. The van der Waals surface area contributed by atoms with Crippen molar-refractivity contribution in [1.29, 1.82) is 0 Å². The molecule has 2 rings (SSSR count). The Kier molecular flexibility index (Phi) is 6.78. The molecule has 0 spiro atoms. The summed E-state index contributed by atoms with van der Waals surface area (Å²) in [5.74, 6) is 0.321. The lowest BCUT2D eigenvalue weighted by atomic mass is 9.82. The highest BCUT2D eigenvalue weighted by Crippen LogP contribution is 2.26. The Labute approximate surface area is 136 Å². The molecule has 1 aliphatic carbocycles. The summed E-state index contributed by atoms with van der Waals surface area (Å²) >= 11 is 5.93. The summed E-state index contributed by atoms with van der Waals surface area (Å²) in [7, 11) is 1.53. The van der Waals surface area contributed by atoms with Crippen molar-refractivity contribution in [3.63, 3.8) is 0 Å². The number of benzene rings is 1. The first-order valence-corrected chi connectivity index (χ1v) is 7.32. The number of nitrogens with two attached hydrogens (primary N) is 1. The fourth-order valence-electron chi connectivity index (χ4n) is 2.64. The molecule has 1 fully saturated rings. The van der Waals surface area contributed by atoms with Crippen LogP contribution in [0.3, 0.4) is 0 Å². The van der Waals surface area contributed by atoms with Gasteiger partial charge in [-0.15, -0.1) is 12.4 Å². The minimum absolute atomic E-state index is 0. The Morgan fingerprint density at radius 1 is 1.38 bits per heavy atom. The van der Waals surface area contributed by atoms with E-state index >= 15 is 0 Å². The lowest BCUT2D eigenvalue weighted by Crippen LogP contribution is -2.51. The molecule has 0 bridgehead atoms. The molecule has 0 saturated heterocycles. The number of ether oxygens (including phenoxy) is 1. The summed E-state index contributed by atoms with van der Waals surface area (Å²) in [6, 6.07) is 5.00. The van der Waals surface area contributed by atoms with Gasteiger partial charge in [0.25, 0.3) is 5.91 Å². The molecule has 1 aliphatic rings. The third-order valence-corrected chi connectivity index (χ3v) is 4.09. The van der Waals surface area contributed by atoms with Crippen molar-refractivity contribution in [2.45, 2.75) is 37.6 Å². The zero-order chi connectivity index (χ0) is 14.6. The molecular weight excluding hydrogens is 311 g/mol. The summed E-state index contributed by atoms with van der Waals surface area (Å²) in [4.78, 5) is 12.3. The molecular formula is C15H22Cl2N2O2. The molecule has 0 radical (unpaired) electrons. The summed E-state index contributed by atoms with van der Waals surface area (Å²) in [6.45, 7) is 0.488. The van der Waals surface area contributed by atoms with E-state index in [1.165, 1.54) is 13.5 Å². The predicted octanol–water partition coefficient (Wildman–Crippen LogP) is 3.16. The number of halogens is 2. The Morgan fingerprint density at radius 3 is 2.67 bits per heavy atom. The van der Waals surface area contributed by atoms with E-state index in [1.807, 2.05) is 0 Å². The molecule has 1 aromatic rings. The molecule has 0 aliphatic heterocycles. The van der Waals surface area contributed by atoms with Crippen LogP contribution in [0.25, 0.3) is 0 Å². The predicted molar refractivity (Wildman–Crippen MR) is 87.6 cm³/mol. The fraction of sp³-hybridized carbons (Fsp3) is 0.533. The molecule has 0 aromatic heterocycles. The van der Waals surface area contributed by atoms with Crippen LogP contribution in [-0.4, -0.2) is 25.1 Å². The normalized spacial score (nSPS) is 16.7. The Morgan fingerprint density at radius 2 is 2.05 bits per heavy atom. The van der Waals surface area contributed by atoms with E-state index in [1.54, 1.807) is 18.2 Å². The van der Waals surface area contributed by atoms with Crippen LogP contribution in [0.2, 0.25) is 5.02 Å². The van der Waals surface area contributed by atoms with Crippen molar-refractivity contribution in [2.24, 2.45) is 5.73 Å². The molecule has 21 heavy (non-hydrogen) atoms. The van der Waals surface area contributed by atoms with Gasteiger partial charge >= 0.3 is 0 Å². The van der Waals surface area contributed by atoms with E-state index in [9.17, 15) is 4.79 Å². The largest absolute Gasteiger partial charge is 0.496 e. The summed E-state index contributed by atoms with van der Waals surface area (Å²) < 4.78 is 5.19. The number of carbonyl (C=O) groups is 1. The van der Waals surface area contributed by atoms with Crippen LogP contribution in [-0.2, 0) is 0 Å². The summed E-state index contributed by atoms with van der Waals surface area (Å²) in [6.07, 6.45) is 5.41. The summed E-state index contributed by atoms with van der Waals surface area (Å²) in [5.41, 5.74) is 6.48. The monoisotopic (exact) mass is 332 g/mol. The van der Waals surface area contributed by atoms with Gasteiger partial charge in [-0.3, -0.25) is 4.79 Å². The highest BCUT2D eigenvalue weighted by Gasteiger charge is 2.28. The molecule has 1 amide bonds. The van der Waals surface area contributed by atoms with Crippen LogP contribution in [0, 0.1) is 0 Å². The molecule has 4 nitrogen and oxygen atoms in total. The highest BCUT2D eigenvalue weighted by molar-refractivity contribution is 6.31. The maximum atomic E-state index is 12.3. The van der Waals surface area contributed by atoms with E-state index in [0.29, 0.717) is 22.9 Å². The van der Waals surface area contributed by atoms with Gasteiger partial charge in [-0.25, -0.2) is 0 Å². The SMILES string of the molecule is COc1ccc(Cl)cc1C(=O)NCC1(N)CCCCC1.Cl. The summed E-state index contributed by atoms with van der Waals surface area (Å²) in [5, 5.41) is 3.42. The van der Waals surface area contributed by atoms with Crippen LogP contribution in [0.1, 0.15) is 42.5 Å². The van der Waals surface area contributed by atoms with Gasteiger partial charge in [0.2, 0.25) is 0 Å². The van der Waals surface area contributed by atoms with Gasteiger partial charge in [-0.2, -0.15) is 0 Å². The molecule has 1 saturated carbocycles. The van der Waals surface area contributed by atoms with Gasteiger partial charge in [-0.1, -0.05) is 30.9 Å². The average Bonchev–Trinajstić information content (AvgIpc) is 2.45. The maximum Gasteiger partial charge on any atom is 0.255 e. The van der Waals surface area contributed by atoms with E-state index in [0.717, 1.165) is 25.7 Å². The molecule has 3 N–H and O–H groups in total. The quantitative estimate of drug-likeness (QED) is 0.890. The smallest absolute Gasteiger partial charge is 0.255 e. The van der Waals surface area contributed by atoms with Gasteiger partial charge in [0, 0.05) is 17.1 Å². The number of hydrogen-bond donors (Lipinski definition) is 2. The van der Waals surface area contributed by atoms with E-state index in [4.69, 9.17) is 22.1 Å². The van der Waals surface area contributed by atoms with Crippen LogP contribution < -0.4 is 15.8 Å². The van der Waals surface area contributed by atoms with Crippen molar-refractivity contribution in [3.05, 3.63) is 28.8 Å². The van der Waals surface area contributed by atoms with Crippen LogP contribution in [0.4, 0.5) is 0 Å². The van der Waals surface area contributed by atoms with Crippen molar-refractivity contribution in [2.75, 3.05) is 13.7 Å². The van der Waals surface area contributed by atoms with E-state index < -0.39 is 0 Å². The third kappa shape index (κ3) is 4.77. The molecule has 118 valence electrons. The second-order valence-electron chi connectivity index (χ2n) is 5.45. The average molecular weight is 333 g/mol. The van der Waals surface area contributed by atoms with Crippen molar-refractivity contribution >= 4 is 29.9 Å². The van der Waals surface area contributed by atoms with Gasteiger partial charge in [-0.05, 0) is 31.0 Å². The van der Waals surface area contributed by atoms with E-state index in [-0.39, 0.29) is 23.9 Å². The van der Waals surface area contributed by atoms with E-state index in [2.05, 4.69) is 5.32 Å². The molecule has 0 heterocycles. The minimum Gasteiger partial charge on any atom is -0.496 e. The van der Waals surface area contributed by atoms with Crippen molar-refractivity contribution in [3.8, 4) is 5.75 Å². The first-order chi connectivity index (χ1) is 9.54. The third-order valence-electron chi connectivity index (χ3n) is 3.86. The van der Waals surface area contributed by atoms with Crippen LogP contribution in [0.15, 0.2) is 18.2 Å². The number of hydrogen-bond acceptors (Lipinski definition) is 3. The van der Waals surface area contributed by atoms with Crippen LogP contribution in [0.5, 0.6) is 5.75 Å². The Balaban J connectivity index is 0.00000220. The number of carbonyl (C=O) groups excluding carboxylic acids is 1. The highest BCUT2D eigenvalue weighted by atomic mass is 35.5. The van der Waals surface area contributed by atoms with Gasteiger partial charge in [0.05, 0.1) is 12.7 Å². The zero-order valence-corrected chi connectivity index (χ0v) is 13.7. The molecule has 1 aromatic carbocycles. The number of amides is 1. The first kappa shape index (κ1) is 18.1. The Bertz CT molecular complexity index is 489. The molecule has 0 unspecified atom stereocenters. The molecule has 6 heteroatoms. The Hall–Kier alpha value is -0.970. The number of methoxy groups -OCH3 is 1. The second-order valence-corrected chi connectivity index (χ2v) is 5.89. The van der Waals surface area contributed by atoms with Gasteiger partial charge in [0.1, 0.15) is 5.75 Å². The lowest BCUT2D eigenvalue weighted by molar-refractivity contribution is 0.0934. The first-order valence-electron chi connectivity index (χ1n) is 6.95. The fourth-order valence-corrected chi connectivity index (χ4v) is 2.81.